The second kappa shape index (κ2) is 51.2. The number of amides is 1. The Hall–Kier alpha value is -1.13. The van der Waals surface area contributed by atoms with Crippen LogP contribution < -0.4 is 5.32 Å². The van der Waals surface area contributed by atoms with E-state index in [1.807, 2.05) is 6.08 Å². The minimum absolute atomic E-state index is 0.0621. The smallest absolute Gasteiger partial charge is 0.220 e. The van der Waals surface area contributed by atoms with Crippen LogP contribution in [0.3, 0.4) is 0 Å². The van der Waals surface area contributed by atoms with E-state index in [1.165, 1.54) is 257 Å². The second-order valence-corrected chi connectivity index (χ2v) is 18.7. The van der Waals surface area contributed by atoms with Crippen molar-refractivity contribution in [1.29, 1.82) is 0 Å². The first kappa shape index (κ1) is 57.9. The van der Waals surface area contributed by atoms with Gasteiger partial charge in [0, 0.05) is 6.42 Å². The van der Waals surface area contributed by atoms with Crippen LogP contribution in [-0.2, 0) is 4.79 Å². The van der Waals surface area contributed by atoms with Gasteiger partial charge in [0.2, 0.25) is 5.91 Å². The average molecular weight is 830 g/mol. The summed E-state index contributed by atoms with van der Waals surface area (Å²) >= 11 is 0. The molecule has 0 aromatic carbocycles. The molecular weight excluding hydrogens is 723 g/mol. The first-order valence-corrected chi connectivity index (χ1v) is 27.1. The molecule has 0 saturated carbocycles. The summed E-state index contributed by atoms with van der Waals surface area (Å²) in [5, 5.41) is 23.1. The minimum Gasteiger partial charge on any atom is -0.394 e. The fraction of sp³-hybridized carbons (Fsp3) is 0.909. The molecule has 2 atom stereocenters. The summed E-state index contributed by atoms with van der Waals surface area (Å²) in [6.07, 6.45) is 67.6. The molecule has 1 amide bonds. The summed E-state index contributed by atoms with van der Waals surface area (Å²) in [4.78, 5) is 12.4. The Bertz CT molecular complexity index is 855. The molecule has 0 aliphatic heterocycles. The van der Waals surface area contributed by atoms with Crippen molar-refractivity contribution >= 4 is 5.91 Å². The Labute approximate surface area is 370 Å². The van der Waals surface area contributed by atoms with Gasteiger partial charge in [-0.25, -0.2) is 0 Å². The van der Waals surface area contributed by atoms with Crippen LogP contribution >= 0.6 is 0 Å². The zero-order valence-electron chi connectivity index (χ0n) is 40.3. The zero-order chi connectivity index (χ0) is 42.8. The molecule has 4 heteroatoms. The number of carbonyl (C=O) groups excluding carboxylic acids is 1. The summed E-state index contributed by atoms with van der Waals surface area (Å²) in [5.41, 5.74) is 0. The molecule has 0 fully saturated rings. The van der Waals surface area contributed by atoms with Crippen LogP contribution in [0.25, 0.3) is 0 Å². The molecule has 0 spiro atoms. The van der Waals surface area contributed by atoms with Gasteiger partial charge >= 0.3 is 0 Å². The first-order chi connectivity index (χ1) is 29.2. The number of aliphatic hydroxyl groups excluding tert-OH is 2. The maximum atomic E-state index is 12.4. The van der Waals surface area contributed by atoms with Gasteiger partial charge in [0.15, 0.2) is 0 Å². The van der Waals surface area contributed by atoms with Crippen LogP contribution in [0.2, 0.25) is 0 Å². The Morgan fingerprint density at radius 3 is 0.932 bits per heavy atom. The Kier molecular flexibility index (Phi) is 50.2. The minimum atomic E-state index is -0.839. The summed E-state index contributed by atoms with van der Waals surface area (Å²) in [6.45, 7) is 4.33. The van der Waals surface area contributed by atoms with Gasteiger partial charge in [-0.15, -0.1) is 0 Å². The normalized spacial score (nSPS) is 12.9. The number of rotatable bonds is 50. The second-order valence-electron chi connectivity index (χ2n) is 18.7. The highest BCUT2D eigenvalue weighted by Crippen LogP contribution is 2.17. The van der Waals surface area contributed by atoms with Gasteiger partial charge in [-0.05, 0) is 44.9 Å². The third kappa shape index (κ3) is 47.8. The Morgan fingerprint density at radius 2 is 0.644 bits per heavy atom. The molecular formula is C55H107NO3. The van der Waals surface area contributed by atoms with Gasteiger partial charge in [-0.3, -0.25) is 4.79 Å². The Morgan fingerprint density at radius 1 is 0.390 bits per heavy atom. The van der Waals surface area contributed by atoms with Crippen molar-refractivity contribution in [1.82, 2.24) is 5.32 Å². The van der Waals surface area contributed by atoms with E-state index in [0.717, 1.165) is 25.7 Å². The van der Waals surface area contributed by atoms with Crippen LogP contribution in [-0.4, -0.2) is 34.9 Å². The maximum absolute atomic E-state index is 12.4. The molecule has 0 bridgehead atoms. The highest BCUT2D eigenvalue weighted by Gasteiger charge is 2.18. The highest BCUT2D eigenvalue weighted by atomic mass is 16.3. The fourth-order valence-corrected chi connectivity index (χ4v) is 8.53. The third-order valence-electron chi connectivity index (χ3n) is 12.7. The molecule has 2 unspecified atom stereocenters. The van der Waals surface area contributed by atoms with E-state index >= 15 is 0 Å². The fourth-order valence-electron chi connectivity index (χ4n) is 8.53. The van der Waals surface area contributed by atoms with Gasteiger partial charge in [-0.1, -0.05) is 276 Å². The number of carbonyl (C=O) groups is 1. The molecule has 0 rings (SSSR count). The number of nitrogens with one attached hydrogen (secondary N) is 1. The van der Waals surface area contributed by atoms with Crippen LogP contribution in [0.15, 0.2) is 24.3 Å². The van der Waals surface area contributed by atoms with Gasteiger partial charge in [0.25, 0.3) is 0 Å². The van der Waals surface area contributed by atoms with E-state index in [2.05, 4.69) is 31.3 Å². The maximum Gasteiger partial charge on any atom is 0.220 e. The van der Waals surface area contributed by atoms with Gasteiger partial charge in [-0.2, -0.15) is 0 Å². The third-order valence-corrected chi connectivity index (χ3v) is 12.7. The lowest BCUT2D eigenvalue weighted by Crippen LogP contribution is -2.45. The highest BCUT2D eigenvalue weighted by molar-refractivity contribution is 5.76. The molecule has 0 aromatic rings. The molecule has 59 heavy (non-hydrogen) atoms. The monoisotopic (exact) mass is 830 g/mol. The van der Waals surface area contributed by atoms with Gasteiger partial charge in [0.1, 0.15) is 0 Å². The van der Waals surface area contributed by atoms with Crippen molar-refractivity contribution in [3.63, 3.8) is 0 Å². The van der Waals surface area contributed by atoms with Crippen molar-refractivity contribution in [3.05, 3.63) is 24.3 Å². The summed E-state index contributed by atoms with van der Waals surface area (Å²) in [7, 11) is 0. The van der Waals surface area contributed by atoms with E-state index in [-0.39, 0.29) is 12.5 Å². The van der Waals surface area contributed by atoms with Crippen molar-refractivity contribution < 1.29 is 15.0 Å². The molecule has 350 valence electrons. The number of aliphatic hydroxyl groups is 2. The van der Waals surface area contributed by atoms with E-state index < -0.39 is 12.1 Å². The number of unbranched alkanes of at least 4 members (excludes halogenated alkanes) is 41. The largest absolute Gasteiger partial charge is 0.394 e. The first-order valence-electron chi connectivity index (χ1n) is 27.1. The lowest BCUT2D eigenvalue weighted by Gasteiger charge is -2.20. The summed E-state index contributed by atoms with van der Waals surface area (Å²) < 4.78 is 0. The van der Waals surface area contributed by atoms with Crippen molar-refractivity contribution in [2.75, 3.05) is 6.61 Å². The van der Waals surface area contributed by atoms with E-state index in [0.29, 0.717) is 6.42 Å². The SMILES string of the molecule is CCCCCCCC/C=C\CCCCCCCCCCCC(=O)NC(CO)C(O)/C=C/CCCCCCCCCCCCCCCCCCCCCCCCCCCC. The van der Waals surface area contributed by atoms with Gasteiger partial charge < -0.3 is 15.5 Å². The molecule has 0 heterocycles. The standard InChI is InChI=1S/C55H107NO3/c1-3-5-7-9-11-13-15-17-19-21-23-24-25-26-27-28-29-30-31-33-34-36-38-40-42-44-46-48-50-54(58)53(52-57)56-55(59)51-49-47-45-43-41-39-37-35-32-22-20-18-16-14-12-10-8-6-4-2/h18,20,48,50,53-54,57-58H,3-17,19,21-47,49,51-52H2,1-2H3,(H,56,59)/b20-18-,50-48+. The molecule has 4 nitrogen and oxygen atoms in total. The molecule has 0 aromatic heterocycles. The van der Waals surface area contributed by atoms with Crippen molar-refractivity contribution in [3.8, 4) is 0 Å². The zero-order valence-corrected chi connectivity index (χ0v) is 40.3. The molecule has 0 aliphatic carbocycles. The van der Waals surface area contributed by atoms with Crippen LogP contribution in [0, 0.1) is 0 Å². The van der Waals surface area contributed by atoms with E-state index in [4.69, 9.17) is 0 Å². The molecule has 0 radical (unpaired) electrons. The molecule has 3 N–H and O–H groups in total. The van der Waals surface area contributed by atoms with E-state index in [9.17, 15) is 15.0 Å². The predicted molar refractivity (Wildman–Crippen MR) is 262 cm³/mol. The quantitative estimate of drug-likeness (QED) is 0.0422. The van der Waals surface area contributed by atoms with Crippen LogP contribution in [0.5, 0.6) is 0 Å². The van der Waals surface area contributed by atoms with Crippen molar-refractivity contribution in [2.24, 2.45) is 0 Å². The van der Waals surface area contributed by atoms with Crippen LogP contribution in [0.1, 0.15) is 303 Å². The van der Waals surface area contributed by atoms with Crippen molar-refractivity contribution in [2.45, 2.75) is 315 Å². The summed E-state index contributed by atoms with van der Waals surface area (Å²) in [6, 6.07) is -0.622. The number of hydrogen-bond acceptors (Lipinski definition) is 3. The van der Waals surface area contributed by atoms with E-state index in [1.54, 1.807) is 6.08 Å². The number of hydrogen-bond donors (Lipinski definition) is 3. The van der Waals surface area contributed by atoms with Gasteiger partial charge in [0.05, 0.1) is 18.8 Å². The lowest BCUT2D eigenvalue weighted by atomic mass is 10.0. The number of allylic oxidation sites excluding steroid dienone is 3. The lowest BCUT2D eigenvalue weighted by molar-refractivity contribution is -0.123. The predicted octanol–water partition coefficient (Wildman–Crippen LogP) is 17.5. The topological polar surface area (TPSA) is 69.6 Å². The molecule has 0 saturated heterocycles. The van der Waals surface area contributed by atoms with Crippen LogP contribution in [0.4, 0.5) is 0 Å². The Balaban J connectivity index is 3.47. The average Bonchev–Trinajstić information content (AvgIpc) is 3.24. The molecule has 0 aliphatic rings. The summed E-state index contributed by atoms with van der Waals surface area (Å²) in [5.74, 6) is -0.0621.